The van der Waals surface area contributed by atoms with Crippen molar-refractivity contribution >= 4 is 17.7 Å². The van der Waals surface area contributed by atoms with E-state index in [1.807, 2.05) is 18.2 Å². The predicted octanol–water partition coefficient (Wildman–Crippen LogP) is 3.03. The summed E-state index contributed by atoms with van der Waals surface area (Å²) in [6.45, 7) is 6.55. The molecule has 1 saturated heterocycles. The Balaban J connectivity index is 1.62. The number of benzene rings is 1. The fourth-order valence-corrected chi connectivity index (χ4v) is 3.68. The Kier molecular flexibility index (Phi) is 8.41. The molecule has 0 unspecified atom stereocenters. The first-order valence-electron chi connectivity index (χ1n) is 8.96. The maximum Gasteiger partial charge on any atom is 0.230 e. The van der Waals surface area contributed by atoms with E-state index in [1.54, 1.807) is 14.2 Å². The van der Waals surface area contributed by atoms with Crippen molar-refractivity contribution in [1.82, 2.24) is 10.2 Å². The number of methoxy groups -OCH3 is 2. The number of carbonyl (C=O) groups excluding carboxylic acids is 1. The van der Waals surface area contributed by atoms with Crippen molar-refractivity contribution in [2.45, 2.75) is 31.1 Å². The zero-order chi connectivity index (χ0) is 18.1. The molecule has 1 aliphatic rings. The standard InChI is InChI=1S/C19H30N2O3S/c1-15-7-11-21(12-8-15)10-4-9-20-19(22)14-25-16-5-6-17(23-2)18(13-16)24-3/h5-6,13,15H,4,7-12,14H2,1-3H3,(H,20,22). The molecule has 1 fully saturated rings. The topological polar surface area (TPSA) is 50.8 Å². The van der Waals surface area contributed by atoms with Gasteiger partial charge in [0.25, 0.3) is 0 Å². The van der Waals surface area contributed by atoms with Crippen LogP contribution in [-0.2, 0) is 4.79 Å². The number of rotatable bonds is 9. The maximum absolute atomic E-state index is 12.0. The molecule has 1 aromatic rings. The Morgan fingerprint density at radius 2 is 1.96 bits per heavy atom. The Morgan fingerprint density at radius 3 is 2.64 bits per heavy atom. The van der Waals surface area contributed by atoms with E-state index in [0.29, 0.717) is 17.3 Å². The summed E-state index contributed by atoms with van der Waals surface area (Å²) in [6, 6.07) is 5.70. The molecule has 1 amide bonds. The van der Waals surface area contributed by atoms with Gasteiger partial charge >= 0.3 is 0 Å². The van der Waals surface area contributed by atoms with Crippen LogP contribution in [0.2, 0.25) is 0 Å². The van der Waals surface area contributed by atoms with Gasteiger partial charge in [-0.05, 0) is 63.0 Å². The second-order valence-corrected chi connectivity index (χ2v) is 7.58. The first-order chi connectivity index (χ1) is 12.1. The van der Waals surface area contributed by atoms with Gasteiger partial charge in [-0.3, -0.25) is 4.79 Å². The summed E-state index contributed by atoms with van der Waals surface area (Å²) < 4.78 is 10.5. The molecule has 1 aromatic carbocycles. The fraction of sp³-hybridized carbons (Fsp3) is 0.632. The lowest BCUT2D eigenvalue weighted by atomic mass is 9.99. The predicted molar refractivity (Wildman–Crippen MR) is 103 cm³/mol. The number of likely N-dealkylation sites (tertiary alicyclic amines) is 1. The minimum absolute atomic E-state index is 0.0760. The maximum atomic E-state index is 12.0. The van der Waals surface area contributed by atoms with E-state index >= 15 is 0 Å². The average Bonchev–Trinajstić information content (AvgIpc) is 2.64. The summed E-state index contributed by atoms with van der Waals surface area (Å²) in [5, 5.41) is 3.01. The van der Waals surface area contributed by atoms with E-state index in [2.05, 4.69) is 17.1 Å². The van der Waals surface area contributed by atoms with Crippen LogP contribution < -0.4 is 14.8 Å². The van der Waals surface area contributed by atoms with Gasteiger partial charge in [-0.25, -0.2) is 0 Å². The zero-order valence-electron chi connectivity index (χ0n) is 15.5. The summed E-state index contributed by atoms with van der Waals surface area (Å²) in [7, 11) is 3.23. The van der Waals surface area contributed by atoms with E-state index < -0.39 is 0 Å². The van der Waals surface area contributed by atoms with Crippen molar-refractivity contribution in [3.63, 3.8) is 0 Å². The molecule has 0 bridgehead atoms. The number of ether oxygens (including phenoxy) is 2. The summed E-state index contributed by atoms with van der Waals surface area (Å²) in [5.74, 6) is 2.74. The van der Waals surface area contributed by atoms with Gasteiger partial charge in [-0.15, -0.1) is 11.8 Å². The molecular weight excluding hydrogens is 336 g/mol. The fourth-order valence-electron chi connectivity index (χ4n) is 2.92. The number of nitrogens with one attached hydrogen (secondary N) is 1. The van der Waals surface area contributed by atoms with Crippen LogP contribution in [0.3, 0.4) is 0 Å². The van der Waals surface area contributed by atoms with E-state index in [1.165, 1.54) is 37.7 Å². The number of piperidine rings is 1. The molecule has 1 aliphatic heterocycles. The largest absolute Gasteiger partial charge is 0.493 e. The van der Waals surface area contributed by atoms with E-state index in [0.717, 1.165) is 30.3 Å². The Morgan fingerprint density at radius 1 is 1.24 bits per heavy atom. The van der Waals surface area contributed by atoms with Crippen LogP contribution in [0, 0.1) is 5.92 Å². The highest BCUT2D eigenvalue weighted by Gasteiger charge is 2.14. The zero-order valence-corrected chi connectivity index (χ0v) is 16.4. The number of amides is 1. The SMILES string of the molecule is COc1ccc(SCC(=O)NCCCN2CCC(C)CC2)cc1OC. The molecule has 1 heterocycles. The first kappa shape index (κ1) is 19.9. The van der Waals surface area contributed by atoms with E-state index in [-0.39, 0.29) is 5.91 Å². The third-order valence-electron chi connectivity index (χ3n) is 4.57. The van der Waals surface area contributed by atoms with Crippen LogP contribution >= 0.6 is 11.8 Å². The van der Waals surface area contributed by atoms with Gasteiger partial charge in [0.05, 0.1) is 20.0 Å². The van der Waals surface area contributed by atoms with Crippen LogP contribution in [0.5, 0.6) is 11.5 Å². The molecule has 0 radical (unpaired) electrons. The monoisotopic (exact) mass is 366 g/mol. The number of hydrogen-bond donors (Lipinski definition) is 1. The Labute approximate surface area is 155 Å². The number of hydrogen-bond acceptors (Lipinski definition) is 5. The van der Waals surface area contributed by atoms with Gasteiger partial charge in [0, 0.05) is 11.4 Å². The third kappa shape index (κ3) is 6.78. The summed E-state index contributed by atoms with van der Waals surface area (Å²) in [4.78, 5) is 15.5. The lowest BCUT2D eigenvalue weighted by Crippen LogP contribution is -2.35. The molecule has 0 atom stereocenters. The van der Waals surface area contributed by atoms with Crippen molar-refractivity contribution < 1.29 is 14.3 Å². The normalized spacial score (nSPS) is 15.8. The van der Waals surface area contributed by atoms with Crippen molar-refractivity contribution in [2.24, 2.45) is 5.92 Å². The van der Waals surface area contributed by atoms with Crippen molar-refractivity contribution in [1.29, 1.82) is 0 Å². The van der Waals surface area contributed by atoms with Gasteiger partial charge in [-0.1, -0.05) is 6.92 Å². The van der Waals surface area contributed by atoms with Crippen LogP contribution in [0.4, 0.5) is 0 Å². The molecule has 0 aliphatic carbocycles. The molecule has 0 spiro atoms. The highest BCUT2D eigenvalue weighted by Crippen LogP contribution is 2.31. The molecule has 6 heteroatoms. The summed E-state index contributed by atoms with van der Waals surface area (Å²) >= 11 is 1.51. The molecule has 140 valence electrons. The van der Waals surface area contributed by atoms with Crippen LogP contribution in [0.15, 0.2) is 23.1 Å². The number of thioether (sulfide) groups is 1. The van der Waals surface area contributed by atoms with Gasteiger partial charge < -0.3 is 19.7 Å². The minimum atomic E-state index is 0.0760. The minimum Gasteiger partial charge on any atom is -0.493 e. The quantitative estimate of drug-likeness (QED) is 0.538. The van der Waals surface area contributed by atoms with Crippen LogP contribution in [0.1, 0.15) is 26.2 Å². The molecule has 25 heavy (non-hydrogen) atoms. The van der Waals surface area contributed by atoms with Gasteiger partial charge in [0.2, 0.25) is 5.91 Å². The molecule has 2 rings (SSSR count). The second kappa shape index (κ2) is 10.6. The van der Waals surface area contributed by atoms with Crippen LogP contribution in [0.25, 0.3) is 0 Å². The number of nitrogens with zero attached hydrogens (tertiary/aromatic N) is 1. The molecule has 0 saturated carbocycles. The number of carbonyl (C=O) groups is 1. The Bertz CT molecular complexity index is 545. The van der Waals surface area contributed by atoms with E-state index in [4.69, 9.17) is 9.47 Å². The van der Waals surface area contributed by atoms with Gasteiger partial charge in [0.1, 0.15) is 0 Å². The van der Waals surface area contributed by atoms with Gasteiger partial charge in [-0.2, -0.15) is 0 Å². The van der Waals surface area contributed by atoms with Crippen LogP contribution in [-0.4, -0.2) is 57.0 Å². The molecule has 1 N–H and O–H groups in total. The van der Waals surface area contributed by atoms with E-state index in [9.17, 15) is 4.79 Å². The van der Waals surface area contributed by atoms with Crippen molar-refractivity contribution in [2.75, 3.05) is 46.2 Å². The molecule has 0 aromatic heterocycles. The van der Waals surface area contributed by atoms with Gasteiger partial charge in [0.15, 0.2) is 11.5 Å². The first-order valence-corrected chi connectivity index (χ1v) is 9.94. The molecular formula is C19H30N2O3S. The highest BCUT2D eigenvalue weighted by molar-refractivity contribution is 8.00. The lowest BCUT2D eigenvalue weighted by Gasteiger charge is -2.30. The third-order valence-corrected chi connectivity index (χ3v) is 5.57. The Hall–Kier alpha value is -1.40. The van der Waals surface area contributed by atoms with Crippen molar-refractivity contribution in [3.8, 4) is 11.5 Å². The highest BCUT2D eigenvalue weighted by atomic mass is 32.2. The lowest BCUT2D eigenvalue weighted by molar-refractivity contribution is -0.118. The summed E-state index contributed by atoms with van der Waals surface area (Å²) in [6.07, 6.45) is 3.61. The second-order valence-electron chi connectivity index (χ2n) is 6.53. The molecule has 5 nitrogen and oxygen atoms in total. The summed E-state index contributed by atoms with van der Waals surface area (Å²) in [5.41, 5.74) is 0. The van der Waals surface area contributed by atoms with Crippen molar-refractivity contribution in [3.05, 3.63) is 18.2 Å². The average molecular weight is 367 g/mol. The smallest absolute Gasteiger partial charge is 0.230 e.